The van der Waals surface area contributed by atoms with E-state index in [9.17, 15) is 14.7 Å². The van der Waals surface area contributed by atoms with Crippen LogP contribution in [0.1, 0.15) is 44.5 Å². The fourth-order valence-electron chi connectivity index (χ4n) is 3.89. The fraction of sp³-hybridized carbons (Fsp3) is 0.545. The molecule has 4 N–H and O–H groups in total. The van der Waals surface area contributed by atoms with Crippen molar-refractivity contribution in [3.63, 3.8) is 0 Å². The van der Waals surface area contributed by atoms with E-state index in [0.717, 1.165) is 5.56 Å². The minimum Gasteiger partial charge on any atom is -0.487 e. The number of nitrogens with one attached hydrogen (secondary N) is 1. The van der Waals surface area contributed by atoms with E-state index in [0.29, 0.717) is 18.0 Å². The quantitative estimate of drug-likeness (QED) is 0.569. The van der Waals surface area contributed by atoms with Crippen LogP contribution in [-0.2, 0) is 22.7 Å². The molecule has 174 valence electrons. The third-order valence-corrected chi connectivity index (χ3v) is 5.53. The Hall–Kier alpha value is -2.98. The maximum absolute atomic E-state index is 13.5. The number of β-amino-alcohol motifs (C(OH)–C–C–N with tert-alkyl or cyclic N) is 1. The Bertz CT molecular complexity index is 937. The molecule has 0 radical (unpaired) electrons. The summed E-state index contributed by atoms with van der Waals surface area (Å²) in [6.07, 6.45) is 1.15. The van der Waals surface area contributed by atoms with Gasteiger partial charge in [-0.05, 0) is 23.1 Å². The molecule has 0 aliphatic carbocycles. The molecule has 1 aliphatic rings. The van der Waals surface area contributed by atoms with Gasteiger partial charge in [-0.1, -0.05) is 38.1 Å². The van der Waals surface area contributed by atoms with E-state index in [-0.39, 0.29) is 31.4 Å². The van der Waals surface area contributed by atoms with Crippen molar-refractivity contribution < 1.29 is 19.4 Å². The third kappa shape index (κ3) is 5.25. The summed E-state index contributed by atoms with van der Waals surface area (Å²) in [6.45, 7) is 6.53. The van der Waals surface area contributed by atoms with Crippen LogP contribution >= 0.6 is 0 Å². The topological polar surface area (TPSA) is 136 Å². The zero-order valence-corrected chi connectivity index (χ0v) is 19.0. The molecule has 1 fully saturated rings. The number of aliphatic hydroxyl groups is 1. The molecule has 3 atom stereocenters. The average molecular weight is 445 g/mol. The van der Waals surface area contributed by atoms with Crippen LogP contribution in [0.2, 0.25) is 0 Å². The lowest BCUT2D eigenvalue weighted by atomic mass is 9.85. The predicted molar refractivity (Wildman–Crippen MR) is 117 cm³/mol. The number of nitrogens with zero attached hydrogens (tertiary/aromatic N) is 4. The number of likely N-dealkylation sites (N-methyl/N-ethyl adjacent to an activating group) is 1. The van der Waals surface area contributed by atoms with E-state index in [4.69, 9.17) is 10.5 Å². The molecule has 32 heavy (non-hydrogen) atoms. The van der Waals surface area contributed by atoms with Gasteiger partial charge in [0.25, 0.3) is 0 Å². The van der Waals surface area contributed by atoms with Crippen LogP contribution in [0.3, 0.4) is 0 Å². The molecule has 3 rings (SSSR count). The fourth-order valence-corrected chi connectivity index (χ4v) is 3.89. The second kappa shape index (κ2) is 9.66. The third-order valence-electron chi connectivity index (χ3n) is 5.53. The monoisotopic (exact) mass is 444 g/mol. The minimum absolute atomic E-state index is 0.104. The van der Waals surface area contributed by atoms with Crippen LogP contribution < -0.4 is 15.8 Å². The number of carbonyl (C=O) groups excluding carboxylic acids is 2. The molecule has 1 aliphatic heterocycles. The Labute approximate surface area is 187 Å². The number of aliphatic hydroxyl groups excluding tert-OH is 1. The van der Waals surface area contributed by atoms with Crippen molar-refractivity contribution in [2.75, 3.05) is 13.6 Å². The molecule has 0 spiro atoms. The van der Waals surface area contributed by atoms with Crippen molar-refractivity contribution in [1.29, 1.82) is 0 Å². The first-order valence-electron chi connectivity index (χ1n) is 10.7. The number of nitrogens with two attached hydrogens (primary N) is 1. The lowest BCUT2D eigenvalue weighted by Gasteiger charge is -2.34. The number of hydrogen-bond donors (Lipinski definition) is 3. The van der Waals surface area contributed by atoms with Gasteiger partial charge in [0.15, 0.2) is 0 Å². The molecule has 0 bridgehead atoms. The van der Waals surface area contributed by atoms with Crippen molar-refractivity contribution in [2.45, 2.75) is 58.5 Å². The molecule has 0 saturated carbocycles. The number of aromatic nitrogens is 3. The Kier molecular flexibility index (Phi) is 7.15. The number of ether oxygens (including phenoxy) is 1. The van der Waals surface area contributed by atoms with Gasteiger partial charge in [0, 0.05) is 26.6 Å². The molecular formula is C22H32N6O4. The van der Waals surface area contributed by atoms with E-state index >= 15 is 0 Å². The van der Waals surface area contributed by atoms with Crippen molar-refractivity contribution in [3.8, 4) is 5.75 Å². The molecule has 2 aromatic rings. The number of carbonyl (C=O) groups is 2. The number of likely N-dealkylation sites (tertiary alicyclic amines) is 1. The first-order valence-corrected chi connectivity index (χ1v) is 10.7. The van der Waals surface area contributed by atoms with Gasteiger partial charge < -0.3 is 25.8 Å². The Morgan fingerprint density at radius 2 is 2.00 bits per heavy atom. The van der Waals surface area contributed by atoms with Crippen molar-refractivity contribution in [2.24, 2.45) is 11.1 Å². The summed E-state index contributed by atoms with van der Waals surface area (Å²) in [7, 11) is 1.52. The van der Waals surface area contributed by atoms with Gasteiger partial charge in [-0.15, -0.1) is 5.10 Å². The Morgan fingerprint density at radius 1 is 1.31 bits per heavy atom. The Balaban J connectivity index is 1.77. The lowest BCUT2D eigenvalue weighted by molar-refractivity contribution is -0.144. The van der Waals surface area contributed by atoms with Crippen LogP contribution in [0.5, 0.6) is 5.75 Å². The van der Waals surface area contributed by atoms with E-state index in [2.05, 4.69) is 15.6 Å². The van der Waals surface area contributed by atoms with Crippen LogP contribution in [0.25, 0.3) is 0 Å². The van der Waals surface area contributed by atoms with Gasteiger partial charge in [-0.2, -0.15) is 0 Å². The van der Waals surface area contributed by atoms with E-state index < -0.39 is 23.6 Å². The highest BCUT2D eigenvalue weighted by molar-refractivity contribution is 5.90. The molecular weight excluding hydrogens is 412 g/mol. The second-order valence-corrected chi connectivity index (χ2v) is 9.11. The smallest absolute Gasteiger partial charge is 0.248 e. The number of amides is 2. The van der Waals surface area contributed by atoms with Crippen molar-refractivity contribution in [3.05, 3.63) is 41.7 Å². The summed E-state index contributed by atoms with van der Waals surface area (Å²) in [6, 6.07) is 6.05. The molecule has 10 heteroatoms. The first kappa shape index (κ1) is 23.7. The second-order valence-electron chi connectivity index (χ2n) is 9.11. The van der Waals surface area contributed by atoms with E-state index in [1.165, 1.54) is 16.6 Å². The molecule has 10 nitrogen and oxygen atoms in total. The zero-order valence-electron chi connectivity index (χ0n) is 19.0. The van der Waals surface area contributed by atoms with Gasteiger partial charge in [-0.25, -0.2) is 4.68 Å². The van der Waals surface area contributed by atoms with Crippen LogP contribution in [-0.4, -0.2) is 62.6 Å². The summed E-state index contributed by atoms with van der Waals surface area (Å²) < 4.78 is 7.29. The number of hydrogen-bond acceptors (Lipinski definition) is 7. The van der Waals surface area contributed by atoms with E-state index in [1.807, 2.05) is 45.0 Å². The summed E-state index contributed by atoms with van der Waals surface area (Å²) in [5.41, 5.74) is 6.68. The normalized spacial score (nSPS) is 19.6. The van der Waals surface area contributed by atoms with E-state index in [1.54, 1.807) is 6.20 Å². The SMILES string of the molecule is CNC(=O)[C@H]1CC(O)CN1C(=O)C(n1cc(COc2ccc(CN)cc2)nn1)C(C)(C)C. The first-order chi connectivity index (χ1) is 15.1. The molecule has 1 aromatic heterocycles. The maximum Gasteiger partial charge on any atom is 0.248 e. The largest absolute Gasteiger partial charge is 0.487 e. The van der Waals surface area contributed by atoms with Gasteiger partial charge in [0.1, 0.15) is 30.1 Å². The summed E-state index contributed by atoms with van der Waals surface area (Å²) in [5.74, 6) is 0.105. The summed E-state index contributed by atoms with van der Waals surface area (Å²) in [5, 5.41) is 21.0. The minimum atomic E-state index is -0.743. The van der Waals surface area contributed by atoms with Gasteiger partial charge in [0.2, 0.25) is 11.8 Å². The predicted octanol–water partition coefficient (Wildman–Crippen LogP) is 0.611. The molecule has 2 heterocycles. The van der Waals surface area contributed by atoms with Crippen molar-refractivity contribution >= 4 is 11.8 Å². The summed E-state index contributed by atoms with van der Waals surface area (Å²) >= 11 is 0. The molecule has 2 amide bonds. The van der Waals surface area contributed by atoms with Gasteiger partial charge in [0.05, 0.1) is 12.3 Å². The number of rotatable bonds is 7. The highest BCUT2D eigenvalue weighted by Gasteiger charge is 2.44. The Morgan fingerprint density at radius 3 is 2.59 bits per heavy atom. The highest BCUT2D eigenvalue weighted by atomic mass is 16.5. The number of benzene rings is 1. The average Bonchev–Trinajstić information content (AvgIpc) is 3.37. The highest BCUT2D eigenvalue weighted by Crippen LogP contribution is 2.34. The van der Waals surface area contributed by atoms with Crippen LogP contribution in [0.15, 0.2) is 30.5 Å². The molecule has 1 saturated heterocycles. The summed E-state index contributed by atoms with van der Waals surface area (Å²) in [4.78, 5) is 27.2. The van der Waals surface area contributed by atoms with Gasteiger partial charge >= 0.3 is 0 Å². The maximum atomic E-state index is 13.5. The zero-order chi connectivity index (χ0) is 23.5. The molecule has 2 unspecified atom stereocenters. The van der Waals surface area contributed by atoms with Gasteiger partial charge in [-0.3, -0.25) is 9.59 Å². The molecule has 1 aromatic carbocycles. The van der Waals surface area contributed by atoms with Crippen LogP contribution in [0, 0.1) is 5.41 Å². The standard InChI is InChI=1S/C22H32N6O4/c1-22(2,3)19(21(31)27-12-16(29)9-18(27)20(30)24-4)28-11-15(25-26-28)13-32-17-7-5-14(10-23)6-8-17/h5-8,11,16,18-19,29H,9-10,12-13,23H2,1-4H3,(H,24,30)/t16?,18-,19?/m1/s1. The lowest BCUT2D eigenvalue weighted by Crippen LogP contribution is -2.49. The van der Waals surface area contributed by atoms with Crippen molar-refractivity contribution in [1.82, 2.24) is 25.2 Å². The van der Waals surface area contributed by atoms with Crippen LogP contribution in [0.4, 0.5) is 0 Å².